The average Bonchev–Trinajstić information content (AvgIpc) is 3.52. The van der Waals surface area contributed by atoms with E-state index >= 15 is 0 Å². The molecule has 1 aromatic heterocycles. The maximum Gasteiger partial charge on any atom is 0.160 e. The summed E-state index contributed by atoms with van der Waals surface area (Å²) < 4.78 is 0. The summed E-state index contributed by atoms with van der Waals surface area (Å²) in [4.78, 5) is 10.2. The Morgan fingerprint density at radius 2 is 0.684 bits per heavy atom. The molecule has 270 valence electrons. The fourth-order valence-electron chi connectivity index (χ4n) is 8.44. The van der Waals surface area contributed by atoms with E-state index in [9.17, 15) is 0 Å². The lowest BCUT2D eigenvalue weighted by atomic mass is 9.82. The fourth-order valence-corrected chi connectivity index (χ4v) is 8.44. The van der Waals surface area contributed by atoms with E-state index in [2.05, 4.69) is 196 Å². The minimum atomic E-state index is -0.000914. The van der Waals surface area contributed by atoms with Gasteiger partial charge in [-0.05, 0) is 97.1 Å². The third kappa shape index (κ3) is 6.46. The summed E-state index contributed by atoms with van der Waals surface area (Å²) in [6.07, 6.45) is 0. The molecule has 0 saturated carbocycles. The van der Waals surface area contributed by atoms with Crippen LogP contribution in [-0.4, -0.2) is 9.97 Å². The number of hydrogen-bond acceptors (Lipinski definition) is 2. The van der Waals surface area contributed by atoms with Crippen molar-refractivity contribution in [3.8, 4) is 89.5 Å². The van der Waals surface area contributed by atoms with Crippen LogP contribution in [0.15, 0.2) is 206 Å². The highest BCUT2D eigenvalue weighted by Crippen LogP contribution is 2.49. The topological polar surface area (TPSA) is 25.8 Å². The average molecular weight is 729 g/mol. The molecule has 0 spiro atoms. The summed E-state index contributed by atoms with van der Waals surface area (Å²) in [7, 11) is 0. The molecule has 1 aliphatic rings. The second kappa shape index (κ2) is 14.2. The zero-order chi connectivity index (χ0) is 38.3. The Balaban J connectivity index is 0.985. The summed E-state index contributed by atoms with van der Waals surface area (Å²) in [5.74, 6) is 0.707. The van der Waals surface area contributed by atoms with Crippen LogP contribution in [-0.2, 0) is 5.41 Å². The first kappa shape index (κ1) is 34.3. The first-order chi connectivity index (χ1) is 28.0. The van der Waals surface area contributed by atoms with Gasteiger partial charge in [-0.2, -0.15) is 0 Å². The van der Waals surface area contributed by atoms with Gasteiger partial charge in [0.05, 0.1) is 11.4 Å². The smallest absolute Gasteiger partial charge is 0.160 e. The van der Waals surface area contributed by atoms with E-state index in [0.29, 0.717) is 5.82 Å². The second-order valence-corrected chi connectivity index (χ2v) is 15.4. The Hall–Kier alpha value is -7.16. The van der Waals surface area contributed by atoms with Crippen molar-refractivity contribution in [1.82, 2.24) is 9.97 Å². The Labute approximate surface area is 334 Å². The van der Waals surface area contributed by atoms with Gasteiger partial charge in [-0.3, -0.25) is 0 Å². The monoisotopic (exact) mass is 728 g/mol. The summed E-state index contributed by atoms with van der Waals surface area (Å²) in [5, 5.41) is 0. The van der Waals surface area contributed by atoms with Gasteiger partial charge in [-0.1, -0.05) is 190 Å². The molecule has 8 aromatic carbocycles. The number of aromatic nitrogens is 2. The third-order valence-corrected chi connectivity index (χ3v) is 11.5. The van der Waals surface area contributed by atoms with Crippen molar-refractivity contribution in [2.45, 2.75) is 19.3 Å². The summed E-state index contributed by atoms with van der Waals surface area (Å²) in [6.45, 7) is 4.67. The van der Waals surface area contributed by atoms with E-state index in [-0.39, 0.29) is 5.41 Å². The van der Waals surface area contributed by atoms with E-state index in [0.717, 1.165) is 39.2 Å². The third-order valence-electron chi connectivity index (χ3n) is 11.5. The molecular formula is C55H40N2. The van der Waals surface area contributed by atoms with E-state index in [1.807, 2.05) is 24.3 Å². The number of hydrogen-bond donors (Lipinski definition) is 0. The first-order valence-corrected chi connectivity index (χ1v) is 19.6. The Bertz CT molecular complexity index is 2910. The fraction of sp³-hybridized carbons (Fsp3) is 0.0545. The van der Waals surface area contributed by atoms with Crippen molar-refractivity contribution in [3.63, 3.8) is 0 Å². The van der Waals surface area contributed by atoms with E-state index in [4.69, 9.17) is 9.97 Å². The van der Waals surface area contributed by atoms with Gasteiger partial charge in [0.25, 0.3) is 0 Å². The molecule has 0 amide bonds. The van der Waals surface area contributed by atoms with E-state index in [1.54, 1.807) is 0 Å². The van der Waals surface area contributed by atoms with Crippen LogP contribution >= 0.6 is 0 Å². The summed E-state index contributed by atoms with van der Waals surface area (Å²) in [6, 6.07) is 73.8. The molecule has 2 heteroatoms. The number of benzene rings is 8. The Morgan fingerprint density at radius 3 is 1.30 bits per heavy atom. The molecule has 0 radical (unpaired) electrons. The molecule has 2 nitrogen and oxygen atoms in total. The van der Waals surface area contributed by atoms with Crippen LogP contribution in [0.25, 0.3) is 89.5 Å². The molecule has 0 bridgehead atoms. The van der Waals surface area contributed by atoms with Gasteiger partial charge in [0, 0.05) is 22.1 Å². The van der Waals surface area contributed by atoms with Crippen molar-refractivity contribution in [2.75, 3.05) is 0 Å². The first-order valence-electron chi connectivity index (χ1n) is 19.6. The molecule has 0 saturated heterocycles. The van der Waals surface area contributed by atoms with Crippen LogP contribution in [0.2, 0.25) is 0 Å². The van der Waals surface area contributed by atoms with Crippen molar-refractivity contribution < 1.29 is 0 Å². The molecule has 57 heavy (non-hydrogen) atoms. The molecule has 0 unspecified atom stereocenters. The second-order valence-electron chi connectivity index (χ2n) is 15.4. The number of nitrogens with zero attached hydrogens (tertiary/aromatic N) is 2. The van der Waals surface area contributed by atoms with Crippen LogP contribution in [0.3, 0.4) is 0 Å². The van der Waals surface area contributed by atoms with Crippen molar-refractivity contribution >= 4 is 0 Å². The number of fused-ring (bicyclic) bond motifs is 3. The van der Waals surface area contributed by atoms with Gasteiger partial charge >= 0.3 is 0 Å². The molecule has 1 aliphatic carbocycles. The zero-order valence-corrected chi connectivity index (χ0v) is 32.0. The van der Waals surface area contributed by atoms with Gasteiger partial charge in [0.2, 0.25) is 0 Å². The molecule has 0 N–H and O–H groups in total. The highest BCUT2D eigenvalue weighted by molar-refractivity contribution is 5.86. The highest BCUT2D eigenvalue weighted by Gasteiger charge is 2.35. The van der Waals surface area contributed by atoms with Gasteiger partial charge < -0.3 is 0 Å². The minimum absolute atomic E-state index is 0.000914. The lowest BCUT2D eigenvalue weighted by molar-refractivity contribution is 0.660. The summed E-state index contributed by atoms with van der Waals surface area (Å²) >= 11 is 0. The van der Waals surface area contributed by atoms with Crippen molar-refractivity contribution in [3.05, 3.63) is 217 Å². The van der Waals surface area contributed by atoms with Gasteiger partial charge in [-0.15, -0.1) is 0 Å². The van der Waals surface area contributed by atoms with E-state index < -0.39 is 0 Å². The standard InChI is InChI=1S/C55H40N2/c1-55(2)50-25-10-9-24-48(50)49-35-46(30-31-51(49)55)44-21-12-19-42(33-44)41-18-11-20-43(32-41)45-22-13-23-47(34-45)53-36-52(56-54(57-53)40-16-7-4-8-17-40)39-28-26-38(27-29-39)37-14-5-3-6-15-37/h3-36H,1-2H3. The van der Waals surface area contributed by atoms with Gasteiger partial charge in [0.1, 0.15) is 0 Å². The van der Waals surface area contributed by atoms with E-state index in [1.165, 1.54) is 55.6 Å². The molecule has 0 aliphatic heterocycles. The lowest BCUT2D eigenvalue weighted by Gasteiger charge is -2.21. The van der Waals surface area contributed by atoms with Crippen molar-refractivity contribution in [2.24, 2.45) is 0 Å². The molecule has 1 heterocycles. The molecule has 9 aromatic rings. The van der Waals surface area contributed by atoms with Gasteiger partial charge in [0.15, 0.2) is 5.82 Å². The molecular weight excluding hydrogens is 689 g/mol. The van der Waals surface area contributed by atoms with Crippen LogP contribution in [0, 0.1) is 0 Å². The predicted octanol–water partition coefficient (Wildman–Crippen LogP) is 14.5. The SMILES string of the molecule is CC1(C)c2ccccc2-c2cc(-c3cccc(-c4cccc(-c5cccc(-c6cc(-c7ccc(-c8ccccc8)cc7)nc(-c7ccccc7)n6)c5)c4)c3)ccc21. The normalized spacial score (nSPS) is 12.5. The maximum atomic E-state index is 5.13. The molecule has 0 atom stereocenters. The number of rotatable bonds is 7. The molecule has 0 fully saturated rings. The van der Waals surface area contributed by atoms with Crippen LogP contribution < -0.4 is 0 Å². The van der Waals surface area contributed by atoms with Crippen LogP contribution in [0.5, 0.6) is 0 Å². The largest absolute Gasteiger partial charge is 0.228 e. The highest BCUT2D eigenvalue weighted by atomic mass is 14.9. The Kier molecular flexibility index (Phi) is 8.53. The van der Waals surface area contributed by atoms with Crippen molar-refractivity contribution in [1.29, 1.82) is 0 Å². The molecule has 10 rings (SSSR count). The van der Waals surface area contributed by atoms with Crippen LogP contribution in [0.1, 0.15) is 25.0 Å². The van der Waals surface area contributed by atoms with Gasteiger partial charge in [-0.25, -0.2) is 9.97 Å². The predicted molar refractivity (Wildman–Crippen MR) is 238 cm³/mol. The lowest BCUT2D eigenvalue weighted by Crippen LogP contribution is -2.14. The minimum Gasteiger partial charge on any atom is -0.228 e. The van der Waals surface area contributed by atoms with Crippen LogP contribution in [0.4, 0.5) is 0 Å². The summed E-state index contributed by atoms with van der Waals surface area (Å²) in [5.41, 5.74) is 19.8. The maximum absolute atomic E-state index is 5.13. The zero-order valence-electron chi connectivity index (χ0n) is 32.0. The quantitative estimate of drug-likeness (QED) is 0.163. The Morgan fingerprint density at radius 1 is 0.281 bits per heavy atom.